The summed E-state index contributed by atoms with van der Waals surface area (Å²) in [5.74, 6) is 0.666. The van der Waals surface area contributed by atoms with Crippen LogP contribution in [0.5, 0.6) is 5.75 Å². The molecule has 0 unspecified atom stereocenters. The molecule has 1 aromatic rings. The van der Waals surface area contributed by atoms with Crippen LogP contribution in [-0.2, 0) is 6.42 Å². The largest absolute Gasteiger partial charge is 0.419 e. The minimum atomic E-state index is -0.298. The molecule has 3 heteroatoms. The number of carbonyl (C=O) groups excluding carboxylic acids is 1. The van der Waals surface area contributed by atoms with Crippen LogP contribution in [0.4, 0.5) is 4.79 Å². The average molecular weight is 276 g/mol. The van der Waals surface area contributed by atoms with Crippen LogP contribution >= 0.6 is 22.6 Å². The van der Waals surface area contributed by atoms with Crippen LogP contribution in [0.2, 0.25) is 0 Å². The van der Waals surface area contributed by atoms with Crippen molar-refractivity contribution in [3.05, 3.63) is 29.8 Å². The molecule has 0 fully saturated rings. The first-order valence-electron chi connectivity index (χ1n) is 3.69. The molecule has 0 radical (unpaired) electrons. The zero-order valence-corrected chi connectivity index (χ0v) is 8.87. The van der Waals surface area contributed by atoms with Gasteiger partial charge in [-0.3, -0.25) is 0 Å². The molecule has 0 bridgehead atoms. The predicted molar refractivity (Wildman–Crippen MR) is 55.9 cm³/mol. The van der Waals surface area contributed by atoms with Gasteiger partial charge >= 0.3 is 3.98 Å². The van der Waals surface area contributed by atoms with Crippen LogP contribution in [0, 0.1) is 0 Å². The highest BCUT2D eigenvalue weighted by Gasteiger charge is 2.03. The fourth-order valence-corrected chi connectivity index (χ4v) is 1.22. The molecule has 0 saturated carbocycles. The number of ether oxygens (including phenoxy) is 1. The average Bonchev–Trinajstić information content (AvgIpc) is 2.04. The van der Waals surface area contributed by atoms with Crippen LogP contribution in [0.25, 0.3) is 0 Å². The molecule has 0 aliphatic rings. The van der Waals surface area contributed by atoms with Gasteiger partial charge in [0.15, 0.2) is 0 Å². The number of hydrogen-bond donors (Lipinski definition) is 0. The Morgan fingerprint density at radius 2 is 2.17 bits per heavy atom. The van der Waals surface area contributed by atoms with E-state index in [0.29, 0.717) is 5.75 Å². The topological polar surface area (TPSA) is 26.3 Å². The molecule has 1 rings (SSSR count). The molecule has 0 amide bonds. The third-order valence-electron chi connectivity index (χ3n) is 1.54. The van der Waals surface area contributed by atoms with E-state index in [-0.39, 0.29) is 3.98 Å². The van der Waals surface area contributed by atoms with Crippen molar-refractivity contribution in [2.24, 2.45) is 0 Å². The fraction of sp³-hybridized carbons (Fsp3) is 0.222. The molecule has 0 N–H and O–H groups in total. The van der Waals surface area contributed by atoms with Crippen LogP contribution < -0.4 is 4.74 Å². The molecular weight excluding hydrogens is 267 g/mol. The van der Waals surface area contributed by atoms with E-state index in [0.717, 1.165) is 12.0 Å². The van der Waals surface area contributed by atoms with Gasteiger partial charge in [0.1, 0.15) is 5.75 Å². The third kappa shape index (κ3) is 2.48. The van der Waals surface area contributed by atoms with E-state index < -0.39 is 0 Å². The molecular formula is C9H9IO2. The van der Waals surface area contributed by atoms with Crippen molar-refractivity contribution in [3.8, 4) is 5.75 Å². The Bertz CT molecular complexity index is 284. The van der Waals surface area contributed by atoms with E-state index in [4.69, 9.17) is 4.74 Å². The second-order valence-electron chi connectivity index (χ2n) is 2.30. The van der Waals surface area contributed by atoms with Crippen LogP contribution in [-0.4, -0.2) is 3.98 Å². The van der Waals surface area contributed by atoms with E-state index in [2.05, 4.69) is 0 Å². The summed E-state index contributed by atoms with van der Waals surface area (Å²) in [5, 5.41) is 0. The quantitative estimate of drug-likeness (QED) is 0.612. The lowest BCUT2D eigenvalue weighted by molar-refractivity contribution is 0.230. The number of aryl methyl sites for hydroxylation is 1. The van der Waals surface area contributed by atoms with Gasteiger partial charge in [0.2, 0.25) is 0 Å². The first-order valence-corrected chi connectivity index (χ1v) is 4.77. The van der Waals surface area contributed by atoms with Crippen molar-refractivity contribution in [3.63, 3.8) is 0 Å². The summed E-state index contributed by atoms with van der Waals surface area (Å²) in [6, 6.07) is 7.54. The summed E-state index contributed by atoms with van der Waals surface area (Å²) >= 11 is 1.62. The van der Waals surface area contributed by atoms with E-state index in [1.165, 1.54) is 0 Å². The van der Waals surface area contributed by atoms with E-state index >= 15 is 0 Å². The summed E-state index contributed by atoms with van der Waals surface area (Å²) in [7, 11) is 0. The summed E-state index contributed by atoms with van der Waals surface area (Å²) in [4.78, 5) is 10.6. The van der Waals surface area contributed by atoms with Crippen molar-refractivity contribution < 1.29 is 9.53 Å². The minimum Gasteiger partial charge on any atom is -0.419 e. The SMILES string of the molecule is CCc1ccccc1OC(=O)I. The lowest BCUT2D eigenvalue weighted by Crippen LogP contribution is -1.98. The zero-order valence-electron chi connectivity index (χ0n) is 6.71. The first kappa shape index (κ1) is 9.51. The Kier molecular flexibility index (Phi) is 3.52. The summed E-state index contributed by atoms with van der Waals surface area (Å²) in [5.41, 5.74) is 1.06. The van der Waals surface area contributed by atoms with Gasteiger partial charge in [-0.1, -0.05) is 25.1 Å². The van der Waals surface area contributed by atoms with E-state index in [1.807, 2.05) is 25.1 Å². The summed E-state index contributed by atoms with van der Waals surface area (Å²) in [6.07, 6.45) is 0.875. The standard InChI is InChI=1S/C9H9IO2/c1-2-7-5-3-4-6-8(7)12-9(10)11/h3-6H,2H2,1H3. The molecule has 0 spiro atoms. The van der Waals surface area contributed by atoms with Crippen molar-refractivity contribution in [1.82, 2.24) is 0 Å². The van der Waals surface area contributed by atoms with Crippen molar-refractivity contribution in [2.75, 3.05) is 0 Å². The zero-order chi connectivity index (χ0) is 8.97. The van der Waals surface area contributed by atoms with E-state index in [1.54, 1.807) is 28.7 Å². The van der Waals surface area contributed by atoms with Crippen LogP contribution in [0.15, 0.2) is 24.3 Å². The molecule has 0 aliphatic heterocycles. The molecule has 1 aromatic carbocycles. The predicted octanol–water partition coefficient (Wildman–Crippen LogP) is 3.18. The highest BCUT2D eigenvalue weighted by Crippen LogP contribution is 2.19. The summed E-state index contributed by atoms with van der Waals surface area (Å²) < 4.78 is 4.69. The lowest BCUT2D eigenvalue weighted by atomic mass is 10.1. The van der Waals surface area contributed by atoms with Gasteiger partial charge in [0.25, 0.3) is 0 Å². The van der Waals surface area contributed by atoms with Gasteiger partial charge in [0.05, 0.1) is 22.6 Å². The number of carbonyl (C=O) groups is 1. The number of rotatable bonds is 2. The Balaban J connectivity index is 2.89. The lowest BCUT2D eigenvalue weighted by Gasteiger charge is -2.04. The molecule has 64 valence electrons. The van der Waals surface area contributed by atoms with Crippen molar-refractivity contribution in [2.45, 2.75) is 13.3 Å². The molecule has 0 aromatic heterocycles. The monoisotopic (exact) mass is 276 g/mol. The van der Waals surface area contributed by atoms with Crippen LogP contribution in [0.3, 0.4) is 0 Å². The number of para-hydroxylation sites is 1. The van der Waals surface area contributed by atoms with Gasteiger partial charge in [-0.2, -0.15) is 0 Å². The van der Waals surface area contributed by atoms with Gasteiger partial charge in [0, 0.05) is 0 Å². The second kappa shape index (κ2) is 4.45. The van der Waals surface area contributed by atoms with Crippen LogP contribution in [0.1, 0.15) is 12.5 Å². The van der Waals surface area contributed by atoms with Crippen molar-refractivity contribution >= 4 is 26.6 Å². The van der Waals surface area contributed by atoms with E-state index in [9.17, 15) is 4.79 Å². The Labute approximate surface area is 85.1 Å². The van der Waals surface area contributed by atoms with Gasteiger partial charge in [-0.25, -0.2) is 4.79 Å². The highest BCUT2D eigenvalue weighted by molar-refractivity contribution is 14.1. The maximum Gasteiger partial charge on any atom is 0.372 e. The Morgan fingerprint density at radius 1 is 1.50 bits per heavy atom. The van der Waals surface area contributed by atoms with Crippen molar-refractivity contribution in [1.29, 1.82) is 0 Å². The maximum atomic E-state index is 10.6. The first-order chi connectivity index (χ1) is 5.74. The van der Waals surface area contributed by atoms with Gasteiger partial charge < -0.3 is 4.74 Å². The number of benzene rings is 1. The molecule has 0 saturated heterocycles. The van der Waals surface area contributed by atoms with Gasteiger partial charge in [-0.05, 0) is 18.1 Å². The minimum absolute atomic E-state index is 0.298. The summed E-state index contributed by atoms with van der Waals surface area (Å²) in [6.45, 7) is 2.03. The molecule has 0 atom stereocenters. The highest BCUT2D eigenvalue weighted by atomic mass is 127. The molecule has 0 heterocycles. The Hall–Kier alpha value is -0.580. The smallest absolute Gasteiger partial charge is 0.372 e. The molecule has 12 heavy (non-hydrogen) atoms. The second-order valence-corrected chi connectivity index (χ2v) is 3.18. The molecule has 0 aliphatic carbocycles. The molecule has 2 nitrogen and oxygen atoms in total. The maximum absolute atomic E-state index is 10.6. The number of halogens is 1. The Morgan fingerprint density at radius 3 is 2.75 bits per heavy atom. The normalized spacial score (nSPS) is 9.50. The third-order valence-corrected chi connectivity index (χ3v) is 1.76. The number of hydrogen-bond acceptors (Lipinski definition) is 2. The fourth-order valence-electron chi connectivity index (χ4n) is 0.982. The van der Waals surface area contributed by atoms with Gasteiger partial charge in [-0.15, -0.1) is 0 Å².